The molecule has 0 aliphatic carbocycles. The minimum Gasteiger partial charge on any atom is -0.483 e. The molecule has 1 aromatic heterocycles. The molecule has 4 rings (SSSR count). The molecule has 1 heterocycles. The highest BCUT2D eigenvalue weighted by Gasteiger charge is 2.41. The van der Waals surface area contributed by atoms with Gasteiger partial charge in [0.1, 0.15) is 5.75 Å². The van der Waals surface area contributed by atoms with Crippen LogP contribution in [-0.2, 0) is 24.1 Å². The summed E-state index contributed by atoms with van der Waals surface area (Å²) in [6.07, 6.45) is 1.46. The summed E-state index contributed by atoms with van der Waals surface area (Å²) in [5.74, 6) is 0.271. The molecule has 4 aromatic rings. The first-order valence-corrected chi connectivity index (χ1v) is 14.8. The van der Waals surface area contributed by atoms with Gasteiger partial charge in [-0.1, -0.05) is 78.9 Å². The highest BCUT2D eigenvalue weighted by Crippen LogP contribution is 2.29. The number of amides is 2. The fourth-order valence-corrected chi connectivity index (χ4v) is 5.98. The van der Waals surface area contributed by atoms with Crippen LogP contribution in [-0.4, -0.2) is 51.5 Å². The first kappa shape index (κ1) is 30.7. The zero-order valence-corrected chi connectivity index (χ0v) is 24.6. The Morgan fingerprint density at radius 3 is 2.10 bits per heavy atom. The van der Waals surface area contributed by atoms with E-state index in [2.05, 4.69) is 15.6 Å². The third kappa shape index (κ3) is 8.89. The van der Waals surface area contributed by atoms with Crippen LogP contribution in [0, 0.1) is 13.8 Å². The number of nitrogens with one attached hydrogen (secondary N) is 2. The van der Waals surface area contributed by atoms with Gasteiger partial charge in [-0.3, -0.25) is 9.78 Å². The Hall–Kier alpha value is -4.21. The lowest BCUT2D eigenvalue weighted by Crippen LogP contribution is -2.58. The fourth-order valence-electron chi connectivity index (χ4n) is 5.27. The van der Waals surface area contributed by atoms with Crippen LogP contribution in [0.15, 0.2) is 90.6 Å². The molecule has 0 radical (unpaired) electrons. The number of rotatable bonds is 14. The van der Waals surface area contributed by atoms with Crippen LogP contribution in [0.5, 0.6) is 5.75 Å². The standard InChI is InChI=1S/C33H37N3O5S/c1-23-10-9-11-24(2)31(23)41-21-30(37)36-29(17-26-14-7-4-8-15-26)33(40,19-28-20-34-22-42-28)18-27(35-32(38)39)16-25-12-5-3-6-13-25/h3-15,20,22,27,29,35,40H,16-19,21H2,1-2H3,(H,36,37)(H,38,39)/t27-,29-,33-/m0/s1. The second-order valence-corrected chi connectivity index (χ2v) is 11.6. The molecule has 4 N–H and O–H groups in total. The number of aromatic nitrogens is 1. The maximum absolute atomic E-state index is 13.4. The molecule has 3 aromatic carbocycles. The van der Waals surface area contributed by atoms with Crippen LogP contribution < -0.4 is 15.4 Å². The first-order valence-electron chi connectivity index (χ1n) is 13.9. The number of ether oxygens (including phenoxy) is 1. The van der Waals surface area contributed by atoms with Gasteiger partial charge in [0.25, 0.3) is 5.91 Å². The van der Waals surface area contributed by atoms with Gasteiger partial charge in [-0.05, 0) is 55.4 Å². The van der Waals surface area contributed by atoms with E-state index in [1.165, 1.54) is 11.3 Å². The van der Waals surface area contributed by atoms with Crippen LogP contribution in [0.25, 0.3) is 0 Å². The van der Waals surface area contributed by atoms with Crippen LogP contribution in [0.1, 0.15) is 33.6 Å². The van der Waals surface area contributed by atoms with E-state index in [0.717, 1.165) is 27.1 Å². The number of hydrogen-bond donors (Lipinski definition) is 4. The Labute approximate surface area is 250 Å². The molecular weight excluding hydrogens is 550 g/mol. The predicted octanol–water partition coefficient (Wildman–Crippen LogP) is 5.11. The number of carboxylic acid groups (broad SMARTS) is 1. The molecule has 3 atom stereocenters. The van der Waals surface area contributed by atoms with Crippen LogP contribution in [0.4, 0.5) is 4.79 Å². The zero-order valence-electron chi connectivity index (χ0n) is 23.8. The monoisotopic (exact) mass is 587 g/mol. The van der Waals surface area contributed by atoms with Crippen molar-refractivity contribution in [3.05, 3.63) is 118 Å². The molecule has 0 aliphatic rings. The van der Waals surface area contributed by atoms with Crippen LogP contribution >= 0.6 is 11.3 Å². The number of hydrogen-bond acceptors (Lipinski definition) is 6. The summed E-state index contributed by atoms with van der Waals surface area (Å²) in [7, 11) is 0. The van der Waals surface area contributed by atoms with E-state index < -0.39 is 23.8 Å². The van der Waals surface area contributed by atoms with Crippen molar-refractivity contribution in [1.29, 1.82) is 0 Å². The number of aliphatic hydroxyl groups is 1. The molecule has 220 valence electrons. The van der Waals surface area contributed by atoms with E-state index >= 15 is 0 Å². The molecule has 0 saturated carbocycles. The number of carbonyl (C=O) groups is 2. The van der Waals surface area contributed by atoms with Gasteiger partial charge in [-0.15, -0.1) is 11.3 Å². The average molecular weight is 588 g/mol. The Morgan fingerprint density at radius 2 is 1.52 bits per heavy atom. The van der Waals surface area contributed by atoms with Gasteiger partial charge in [-0.2, -0.15) is 0 Å². The fraction of sp³-hybridized carbons (Fsp3) is 0.303. The van der Waals surface area contributed by atoms with Gasteiger partial charge in [0.15, 0.2) is 6.61 Å². The lowest BCUT2D eigenvalue weighted by atomic mass is 9.79. The maximum Gasteiger partial charge on any atom is 0.404 e. The summed E-state index contributed by atoms with van der Waals surface area (Å²) in [4.78, 5) is 30.2. The van der Waals surface area contributed by atoms with Crippen molar-refractivity contribution < 1.29 is 24.5 Å². The molecule has 9 heteroatoms. The molecule has 42 heavy (non-hydrogen) atoms. The third-order valence-corrected chi connectivity index (χ3v) is 8.02. The number of benzene rings is 3. The highest BCUT2D eigenvalue weighted by atomic mass is 32.1. The topological polar surface area (TPSA) is 121 Å². The minimum absolute atomic E-state index is 0.0572. The van der Waals surface area contributed by atoms with Gasteiger partial charge in [-0.25, -0.2) is 4.79 Å². The van der Waals surface area contributed by atoms with E-state index in [0.29, 0.717) is 18.6 Å². The van der Waals surface area contributed by atoms with E-state index in [1.54, 1.807) is 11.7 Å². The average Bonchev–Trinajstić information content (AvgIpc) is 3.46. The van der Waals surface area contributed by atoms with E-state index in [-0.39, 0.29) is 25.4 Å². The summed E-state index contributed by atoms with van der Waals surface area (Å²) >= 11 is 1.40. The van der Waals surface area contributed by atoms with Crippen molar-refractivity contribution in [2.75, 3.05) is 6.61 Å². The Morgan fingerprint density at radius 1 is 0.905 bits per heavy atom. The Balaban J connectivity index is 1.64. The molecule has 0 bridgehead atoms. The number of thiazole rings is 1. The predicted molar refractivity (Wildman–Crippen MR) is 164 cm³/mol. The highest BCUT2D eigenvalue weighted by molar-refractivity contribution is 7.09. The second-order valence-electron chi connectivity index (χ2n) is 10.6. The van der Waals surface area contributed by atoms with E-state index in [9.17, 15) is 19.8 Å². The molecule has 0 spiro atoms. The number of para-hydroxylation sites is 1. The summed E-state index contributed by atoms with van der Waals surface area (Å²) in [6, 6.07) is 23.5. The van der Waals surface area contributed by atoms with Crippen molar-refractivity contribution in [2.24, 2.45) is 0 Å². The van der Waals surface area contributed by atoms with Crippen molar-refractivity contribution in [3.63, 3.8) is 0 Å². The quantitative estimate of drug-likeness (QED) is 0.163. The van der Waals surface area contributed by atoms with Crippen molar-refractivity contribution >= 4 is 23.3 Å². The van der Waals surface area contributed by atoms with Crippen molar-refractivity contribution in [2.45, 2.75) is 57.2 Å². The lowest BCUT2D eigenvalue weighted by molar-refractivity contribution is -0.126. The SMILES string of the molecule is Cc1cccc(C)c1OCC(=O)N[C@@H](Cc1ccccc1)[C@@](O)(Cc1cncs1)C[C@H](Cc1ccccc1)NC(=O)O. The molecule has 8 nitrogen and oxygen atoms in total. The van der Waals surface area contributed by atoms with Gasteiger partial charge in [0.05, 0.1) is 17.2 Å². The van der Waals surface area contributed by atoms with Gasteiger partial charge < -0.3 is 25.6 Å². The normalized spacial score (nSPS) is 13.9. The first-order chi connectivity index (χ1) is 20.2. The molecular formula is C33H37N3O5S. The van der Waals surface area contributed by atoms with Crippen LogP contribution in [0.2, 0.25) is 0 Å². The molecule has 0 unspecified atom stereocenters. The van der Waals surface area contributed by atoms with Gasteiger partial charge in [0, 0.05) is 23.5 Å². The van der Waals surface area contributed by atoms with Crippen molar-refractivity contribution in [1.82, 2.24) is 15.6 Å². The minimum atomic E-state index is -1.53. The second kappa shape index (κ2) is 14.6. The number of carbonyl (C=O) groups excluding carboxylic acids is 1. The molecule has 0 aliphatic heterocycles. The molecule has 2 amide bonds. The van der Waals surface area contributed by atoms with Gasteiger partial charge >= 0.3 is 6.09 Å². The maximum atomic E-state index is 13.4. The van der Waals surface area contributed by atoms with Crippen LogP contribution in [0.3, 0.4) is 0 Å². The molecule has 0 saturated heterocycles. The summed E-state index contributed by atoms with van der Waals surface area (Å²) in [5.41, 5.74) is 3.87. The summed E-state index contributed by atoms with van der Waals surface area (Å²) in [5, 5.41) is 27.8. The Kier molecular flexibility index (Phi) is 10.7. The number of aryl methyl sites for hydroxylation is 2. The van der Waals surface area contributed by atoms with Gasteiger partial charge in [0.2, 0.25) is 0 Å². The Bertz CT molecular complexity index is 1410. The van der Waals surface area contributed by atoms with E-state index in [4.69, 9.17) is 4.74 Å². The largest absolute Gasteiger partial charge is 0.483 e. The smallest absolute Gasteiger partial charge is 0.404 e. The lowest BCUT2D eigenvalue weighted by Gasteiger charge is -2.39. The summed E-state index contributed by atoms with van der Waals surface area (Å²) in [6.45, 7) is 3.62. The summed E-state index contributed by atoms with van der Waals surface area (Å²) < 4.78 is 5.92. The zero-order chi connectivity index (χ0) is 30.0. The molecule has 0 fully saturated rings. The number of nitrogens with zero attached hydrogens (tertiary/aromatic N) is 1. The van der Waals surface area contributed by atoms with Crippen molar-refractivity contribution in [3.8, 4) is 5.75 Å². The van der Waals surface area contributed by atoms with E-state index in [1.807, 2.05) is 92.7 Å². The third-order valence-electron chi connectivity index (χ3n) is 7.24.